The maximum absolute atomic E-state index is 11.6. The molecule has 4 heteroatoms. The molecule has 1 aliphatic heterocycles. The molecule has 0 saturated carbocycles. The highest BCUT2D eigenvalue weighted by Crippen LogP contribution is 2.24. The SMILES string of the molecule is CCOC(=O)C1OC(c2ccccc2)=CC1=O. The lowest BCUT2D eigenvalue weighted by Crippen LogP contribution is -2.29. The van der Waals surface area contributed by atoms with Crippen LogP contribution in [0.15, 0.2) is 36.4 Å². The number of carbonyl (C=O) groups excluding carboxylic acids is 2. The molecule has 1 atom stereocenters. The van der Waals surface area contributed by atoms with E-state index in [1.54, 1.807) is 6.92 Å². The highest BCUT2D eigenvalue weighted by molar-refractivity contribution is 6.13. The number of hydrogen-bond donors (Lipinski definition) is 0. The molecule has 1 heterocycles. The minimum atomic E-state index is -1.15. The smallest absolute Gasteiger partial charge is 0.355 e. The summed E-state index contributed by atoms with van der Waals surface area (Å²) < 4.78 is 10.1. The largest absolute Gasteiger partial charge is 0.470 e. The molecular weight excluding hydrogens is 220 g/mol. The van der Waals surface area contributed by atoms with E-state index >= 15 is 0 Å². The van der Waals surface area contributed by atoms with Gasteiger partial charge in [-0.1, -0.05) is 30.3 Å². The van der Waals surface area contributed by atoms with Gasteiger partial charge >= 0.3 is 5.97 Å². The zero-order valence-electron chi connectivity index (χ0n) is 9.38. The van der Waals surface area contributed by atoms with Gasteiger partial charge in [0.05, 0.1) is 6.61 Å². The van der Waals surface area contributed by atoms with E-state index in [1.165, 1.54) is 6.08 Å². The van der Waals surface area contributed by atoms with Crippen LogP contribution < -0.4 is 0 Å². The van der Waals surface area contributed by atoms with Crippen molar-refractivity contribution < 1.29 is 19.1 Å². The Morgan fingerprint density at radius 2 is 2.06 bits per heavy atom. The Morgan fingerprint density at radius 3 is 2.71 bits per heavy atom. The second-order valence-corrected chi connectivity index (χ2v) is 3.53. The van der Waals surface area contributed by atoms with Crippen molar-refractivity contribution in [1.29, 1.82) is 0 Å². The minimum absolute atomic E-state index is 0.229. The fourth-order valence-corrected chi connectivity index (χ4v) is 1.56. The van der Waals surface area contributed by atoms with Crippen molar-refractivity contribution in [3.05, 3.63) is 42.0 Å². The lowest BCUT2D eigenvalue weighted by Gasteiger charge is -2.10. The lowest BCUT2D eigenvalue weighted by atomic mass is 10.2. The summed E-state index contributed by atoms with van der Waals surface area (Å²) in [6, 6.07) is 9.16. The van der Waals surface area contributed by atoms with Crippen LogP contribution in [0, 0.1) is 0 Å². The second-order valence-electron chi connectivity index (χ2n) is 3.53. The third-order valence-corrected chi connectivity index (χ3v) is 2.34. The number of ketones is 1. The monoisotopic (exact) mass is 232 g/mol. The van der Waals surface area contributed by atoms with Crippen LogP contribution in [-0.2, 0) is 19.1 Å². The van der Waals surface area contributed by atoms with Crippen LogP contribution in [0.1, 0.15) is 12.5 Å². The van der Waals surface area contributed by atoms with Crippen molar-refractivity contribution in [2.24, 2.45) is 0 Å². The summed E-state index contributed by atoms with van der Waals surface area (Å²) in [5, 5.41) is 0. The van der Waals surface area contributed by atoms with Gasteiger partial charge in [0.2, 0.25) is 5.78 Å². The summed E-state index contributed by atoms with van der Waals surface area (Å²) in [5.74, 6) is -0.601. The molecule has 1 aromatic carbocycles. The summed E-state index contributed by atoms with van der Waals surface area (Å²) in [4.78, 5) is 23.0. The molecule has 17 heavy (non-hydrogen) atoms. The highest BCUT2D eigenvalue weighted by atomic mass is 16.6. The first-order valence-electron chi connectivity index (χ1n) is 5.36. The molecule has 0 aliphatic carbocycles. The topological polar surface area (TPSA) is 52.6 Å². The van der Waals surface area contributed by atoms with Gasteiger partial charge in [0.1, 0.15) is 5.76 Å². The molecule has 0 bridgehead atoms. The summed E-state index contributed by atoms with van der Waals surface area (Å²) in [7, 11) is 0. The van der Waals surface area contributed by atoms with Gasteiger partial charge in [0, 0.05) is 11.6 Å². The average Bonchev–Trinajstić information content (AvgIpc) is 2.73. The van der Waals surface area contributed by atoms with Crippen LogP contribution in [0.5, 0.6) is 0 Å². The molecule has 0 aromatic heterocycles. The van der Waals surface area contributed by atoms with Gasteiger partial charge in [-0.25, -0.2) is 4.79 Å². The number of benzene rings is 1. The standard InChI is InChI=1S/C13H12O4/c1-2-16-13(15)12-10(14)8-11(17-12)9-6-4-3-5-7-9/h3-8,12H,2H2,1H3. The highest BCUT2D eigenvalue weighted by Gasteiger charge is 2.35. The third kappa shape index (κ3) is 2.36. The first-order chi connectivity index (χ1) is 8.22. The lowest BCUT2D eigenvalue weighted by molar-refractivity contribution is -0.154. The van der Waals surface area contributed by atoms with E-state index in [1.807, 2.05) is 30.3 Å². The van der Waals surface area contributed by atoms with Gasteiger partial charge in [-0.05, 0) is 6.92 Å². The van der Waals surface area contributed by atoms with Crippen LogP contribution in [0.25, 0.3) is 5.76 Å². The summed E-state index contributed by atoms with van der Waals surface area (Å²) in [6.45, 7) is 1.91. The molecule has 1 aromatic rings. The van der Waals surface area contributed by atoms with Crippen molar-refractivity contribution in [2.45, 2.75) is 13.0 Å². The summed E-state index contributed by atoms with van der Waals surface area (Å²) in [6.07, 6.45) is 0.182. The van der Waals surface area contributed by atoms with Crippen LogP contribution in [-0.4, -0.2) is 24.5 Å². The molecule has 1 aliphatic rings. The van der Waals surface area contributed by atoms with Crippen molar-refractivity contribution >= 4 is 17.5 Å². The summed E-state index contributed by atoms with van der Waals surface area (Å²) in [5.41, 5.74) is 0.771. The number of rotatable bonds is 3. The number of carbonyl (C=O) groups is 2. The van der Waals surface area contributed by atoms with Crippen LogP contribution in [0.2, 0.25) is 0 Å². The first kappa shape index (κ1) is 11.4. The van der Waals surface area contributed by atoms with Crippen LogP contribution in [0.4, 0.5) is 0 Å². The molecule has 88 valence electrons. The van der Waals surface area contributed by atoms with Crippen molar-refractivity contribution in [1.82, 2.24) is 0 Å². The fourth-order valence-electron chi connectivity index (χ4n) is 1.56. The number of esters is 1. The molecule has 2 rings (SSSR count). The molecule has 1 unspecified atom stereocenters. The van der Waals surface area contributed by atoms with E-state index in [0.29, 0.717) is 5.76 Å². The maximum Gasteiger partial charge on any atom is 0.355 e. The maximum atomic E-state index is 11.6. The van der Waals surface area contributed by atoms with Gasteiger partial charge in [0.25, 0.3) is 6.10 Å². The van der Waals surface area contributed by atoms with E-state index in [-0.39, 0.29) is 12.4 Å². The Bertz CT molecular complexity index is 462. The molecule has 0 radical (unpaired) electrons. The quantitative estimate of drug-likeness (QED) is 0.586. The molecule has 0 amide bonds. The number of hydrogen-bond acceptors (Lipinski definition) is 4. The predicted octanol–water partition coefficient (Wildman–Crippen LogP) is 1.56. The van der Waals surface area contributed by atoms with E-state index in [2.05, 4.69) is 0 Å². The zero-order valence-corrected chi connectivity index (χ0v) is 9.38. The van der Waals surface area contributed by atoms with Crippen molar-refractivity contribution in [3.63, 3.8) is 0 Å². The van der Waals surface area contributed by atoms with Crippen molar-refractivity contribution in [3.8, 4) is 0 Å². The Morgan fingerprint density at radius 1 is 1.35 bits per heavy atom. The van der Waals surface area contributed by atoms with Gasteiger partial charge in [-0.15, -0.1) is 0 Å². The van der Waals surface area contributed by atoms with Crippen LogP contribution in [0.3, 0.4) is 0 Å². The number of ether oxygens (including phenoxy) is 2. The van der Waals surface area contributed by atoms with Gasteiger partial charge in [-0.3, -0.25) is 4.79 Å². The van der Waals surface area contributed by atoms with Crippen LogP contribution >= 0.6 is 0 Å². The predicted molar refractivity (Wildman–Crippen MR) is 60.9 cm³/mol. The Kier molecular flexibility index (Phi) is 3.23. The molecular formula is C13H12O4. The fraction of sp³-hybridized carbons (Fsp3) is 0.231. The zero-order chi connectivity index (χ0) is 12.3. The molecule has 0 saturated heterocycles. The Balaban J connectivity index is 2.13. The van der Waals surface area contributed by atoms with Gasteiger partial charge < -0.3 is 9.47 Å². The van der Waals surface area contributed by atoms with Crippen molar-refractivity contribution in [2.75, 3.05) is 6.61 Å². The van der Waals surface area contributed by atoms with Gasteiger partial charge in [0.15, 0.2) is 0 Å². The Hall–Kier alpha value is -2.10. The first-order valence-corrected chi connectivity index (χ1v) is 5.36. The molecule has 0 N–H and O–H groups in total. The van der Waals surface area contributed by atoms with E-state index in [4.69, 9.17) is 9.47 Å². The van der Waals surface area contributed by atoms with E-state index in [0.717, 1.165) is 5.56 Å². The second kappa shape index (κ2) is 4.82. The molecule has 0 fully saturated rings. The van der Waals surface area contributed by atoms with E-state index < -0.39 is 12.1 Å². The molecule has 4 nitrogen and oxygen atoms in total. The minimum Gasteiger partial charge on any atom is -0.470 e. The molecule has 0 spiro atoms. The third-order valence-electron chi connectivity index (χ3n) is 2.34. The normalized spacial score (nSPS) is 18.5. The van der Waals surface area contributed by atoms with Gasteiger partial charge in [-0.2, -0.15) is 0 Å². The Labute approximate surface area is 98.8 Å². The average molecular weight is 232 g/mol. The van der Waals surface area contributed by atoms with E-state index in [9.17, 15) is 9.59 Å². The summed E-state index contributed by atoms with van der Waals surface area (Å²) >= 11 is 0.